The van der Waals surface area contributed by atoms with Crippen LogP contribution in [0.3, 0.4) is 0 Å². The van der Waals surface area contributed by atoms with Gasteiger partial charge >= 0.3 is 0 Å². The molecule has 0 aliphatic carbocycles. The predicted octanol–water partition coefficient (Wildman–Crippen LogP) is 3.33. The number of nitrogens with one attached hydrogen (secondary N) is 1. The Bertz CT molecular complexity index is 969. The van der Waals surface area contributed by atoms with Gasteiger partial charge in [0.25, 0.3) is 0 Å². The molecule has 28 heavy (non-hydrogen) atoms. The Morgan fingerprint density at radius 1 is 1.11 bits per heavy atom. The van der Waals surface area contributed by atoms with Gasteiger partial charge in [-0.15, -0.1) is 0 Å². The topological polar surface area (TPSA) is 66.5 Å². The van der Waals surface area contributed by atoms with Crippen LogP contribution in [-0.4, -0.2) is 31.7 Å². The Hall–Kier alpha value is -2.18. The van der Waals surface area contributed by atoms with Gasteiger partial charge < -0.3 is 5.32 Å². The van der Waals surface area contributed by atoms with E-state index in [2.05, 4.69) is 5.32 Å². The first kappa shape index (κ1) is 20.6. The zero-order valence-corrected chi connectivity index (χ0v) is 17.6. The van der Waals surface area contributed by atoms with Gasteiger partial charge in [-0.05, 0) is 56.4 Å². The summed E-state index contributed by atoms with van der Waals surface area (Å²) in [5, 5.41) is 2.97. The molecule has 3 rings (SSSR count). The number of carbonyl (C=O) groups excluding carboxylic acids is 1. The smallest absolute Gasteiger partial charge is 0.243 e. The van der Waals surface area contributed by atoms with Gasteiger partial charge in [0, 0.05) is 19.6 Å². The SMILES string of the molecule is Cc1cccc(CNC(=O)[C@H]2CCCN(S(=O)(=O)c3cc(C)ccc3C)C2)c1. The molecule has 1 saturated heterocycles. The van der Waals surface area contributed by atoms with E-state index in [1.807, 2.05) is 57.2 Å². The number of piperidine rings is 1. The first-order valence-corrected chi connectivity index (χ1v) is 11.1. The van der Waals surface area contributed by atoms with Crippen LogP contribution in [-0.2, 0) is 21.4 Å². The highest BCUT2D eigenvalue weighted by Crippen LogP contribution is 2.26. The summed E-state index contributed by atoms with van der Waals surface area (Å²) in [7, 11) is -3.60. The van der Waals surface area contributed by atoms with Gasteiger partial charge in [0.15, 0.2) is 0 Å². The second kappa shape index (κ2) is 8.45. The van der Waals surface area contributed by atoms with Crippen LogP contribution in [0.25, 0.3) is 0 Å². The minimum atomic E-state index is -3.60. The number of amides is 1. The van der Waals surface area contributed by atoms with E-state index < -0.39 is 10.0 Å². The van der Waals surface area contributed by atoms with Gasteiger partial charge in [-0.3, -0.25) is 4.79 Å². The van der Waals surface area contributed by atoms with E-state index in [-0.39, 0.29) is 18.4 Å². The molecule has 0 saturated carbocycles. The second-order valence-corrected chi connectivity index (χ2v) is 9.58. The van der Waals surface area contributed by atoms with Gasteiger partial charge in [-0.1, -0.05) is 42.0 Å². The van der Waals surface area contributed by atoms with E-state index >= 15 is 0 Å². The van der Waals surface area contributed by atoms with Crippen LogP contribution in [0.5, 0.6) is 0 Å². The molecule has 0 radical (unpaired) electrons. The van der Waals surface area contributed by atoms with Crippen LogP contribution in [0.4, 0.5) is 0 Å². The summed E-state index contributed by atoms with van der Waals surface area (Å²) < 4.78 is 27.7. The Morgan fingerprint density at radius 2 is 1.86 bits per heavy atom. The van der Waals surface area contributed by atoms with Crippen LogP contribution < -0.4 is 5.32 Å². The van der Waals surface area contributed by atoms with Crippen LogP contribution in [0.2, 0.25) is 0 Å². The molecule has 5 nitrogen and oxygen atoms in total. The third kappa shape index (κ3) is 4.62. The van der Waals surface area contributed by atoms with Crippen molar-refractivity contribution in [2.75, 3.05) is 13.1 Å². The van der Waals surface area contributed by atoms with Gasteiger partial charge in [0.2, 0.25) is 15.9 Å². The van der Waals surface area contributed by atoms with Crippen LogP contribution in [0.1, 0.15) is 35.1 Å². The summed E-state index contributed by atoms with van der Waals surface area (Å²) in [6, 6.07) is 13.5. The fourth-order valence-corrected chi connectivity index (χ4v) is 5.49. The molecule has 1 atom stereocenters. The second-order valence-electron chi connectivity index (χ2n) is 7.68. The molecular formula is C22H28N2O3S. The quantitative estimate of drug-likeness (QED) is 0.837. The molecule has 1 heterocycles. The largest absolute Gasteiger partial charge is 0.352 e. The van der Waals surface area contributed by atoms with Crippen molar-refractivity contribution in [2.45, 2.75) is 45.1 Å². The van der Waals surface area contributed by atoms with Crippen molar-refractivity contribution in [2.24, 2.45) is 5.92 Å². The highest BCUT2D eigenvalue weighted by Gasteiger charge is 2.34. The van der Waals surface area contributed by atoms with Gasteiger partial charge in [0.05, 0.1) is 10.8 Å². The molecular weight excluding hydrogens is 372 g/mol. The van der Waals surface area contributed by atoms with E-state index in [0.717, 1.165) is 22.3 Å². The third-order valence-corrected chi connectivity index (χ3v) is 7.27. The summed E-state index contributed by atoms with van der Waals surface area (Å²) in [6.45, 7) is 6.86. The number of hydrogen-bond acceptors (Lipinski definition) is 3. The highest BCUT2D eigenvalue weighted by molar-refractivity contribution is 7.89. The van der Waals surface area contributed by atoms with Crippen molar-refractivity contribution >= 4 is 15.9 Å². The maximum atomic E-state index is 13.1. The van der Waals surface area contributed by atoms with E-state index in [0.29, 0.717) is 30.8 Å². The van der Waals surface area contributed by atoms with Crippen molar-refractivity contribution in [1.29, 1.82) is 0 Å². The lowest BCUT2D eigenvalue weighted by molar-refractivity contribution is -0.126. The molecule has 0 unspecified atom stereocenters. The minimum absolute atomic E-state index is 0.0811. The molecule has 0 spiro atoms. The summed E-state index contributed by atoms with van der Waals surface area (Å²) in [4.78, 5) is 13.0. The Morgan fingerprint density at radius 3 is 2.61 bits per heavy atom. The predicted molar refractivity (Wildman–Crippen MR) is 110 cm³/mol. The molecule has 0 bridgehead atoms. The number of carbonyl (C=O) groups is 1. The Balaban J connectivity index is 1.69. The van der Waals surface area contributed by atoms with Crippen LogP contribution in [0, 0.1) is 26.7 Å². The van der Waals surface area contributed by atoms with Gasteiger partial charge in [-0.25, -0.2) is 8.42 Å². The summed E-state index contributed by atoms with van der Waals surface area (Å²) in [5.74, 6) is -0.402. The summed E-state index contributed by atoms with van der Waals surface area (Å²) in [5.41, 5.74) is 3.84. The standard InChI is InChI=1S/C22H28N2O3S/c1-16-6-4-7-19(12-16)14-23-22(25)20-8-5-11-24(15-20)28(26,27)21-13-17(2)9-10-18(21)3/h4,6-7,9-10,12-13,20H,5,8,11,14-15H2,1-3H3,(H,23,25)/t20-/m0/s1. The maximum absolute atomic E-state index is 13.1. The first-order chi connectivity index (χ1) is 13.3. The molecule has 1 N–H and O–H groups in total. The molecule has 1 fully saturated rings. The zero-order chi connectivity index (χ0) is 20.3. The lowest BCUT2D eigenvalue weighted by Gasteiger charge is -2.31. The third-order valence-electron chi connectivity index (χ3n) is 5.27. The van der Waals surface area contributed by atoms with Crippen molar-refractivity contribution in [3.05, 3.63) is 64.7 Å². The van der Waals surface area contributed by atoms with Crippen LogP contribution >= 0.6 is 0 Å². The van der Waals surface area contributed by atoms with Crippen molar-refractivity contribution in [1.82, 2.24) is 9.62 Å². The molecule has 150 valence electrons. The van der Waals surface area contributed by atoms with Crippen molar-refractivity contribution < 1.29 is 13.2 Å². The average molecular weight is 401 g/mol. The fourth-order valence-electron chi connectivity index (χ4n) is 3.65. The number of sulfonamides is 1. The monoisotopic (exact) mass is 400 g/mol. The average Bonchev–Trinajstić information content (AvgIpc) is 2.68. The molecule has 6 heteroatoms. The van der Waals surface area contributed by atoms with E-state index in [4.69, 9.17) is 0 Å². The normalized spacial score (nSPS) is 18.0. The Kier molecular flexibility index (Phi) is 6.20. The maximum Gasteiger partial charge on any atom is 0.243 e. The number of rotatable bonds is 5. The number of hydrogen-bond donors (Lipinski definition) is 1. The highest BCUT2D eigenvalue weighted by atomic mass is 32.2. The summed E-state index contributed by atoms with van der Waals surface area (Å²) in [6.07, 6.45) is 1.39. The lowest BCUT2D eigenvalue weighted by atomic mass is 9.98. The number of nitrogens with zero attached hydrogens (tertiary/aromatic N) is 1. The first-order valence-electron chi connectivity index (χ1n) is 9.68. The molecule has 1 amide bonds. The van der Waals surface area contributed by atoms with E-state index in [9.17, 15) is 13.2 Å². The minimum Gasteiger partial charge on any atom is -0.352 e. The summed E-state index contributed by atoms with van der Waals surface area (Å²) >= 11 is 0. The van der Waals surface area contributed by atoms with Gasteiger partial charge in [-0.2, -0.15) is 4.31 Å². The number of aryl methyl sites for hydroxylation is 3. The van der Waals surface area contributed by atoms with E-state index in [1.165, 1.54) is 4.31 Å². The van der Waals surface area contributed by atoms with Crippen molar-refractivity contribution in [3.63, 3.8) is 0 Å². The number of benzene rings is 2. The zero-order valence-electron chi connectivity index (χ0n) is 16.7. The van der Waals surface area contributed by atoms with Crippen LogP contribution in [0.15, 0.2) is 47.4 Å². The molecule has 1 aliphatic rings. The lowest BCUT2D eigenvalue weighted by Crippen LogP contribution is -2.45. The molecule has 2 aromatic carbocycles. The van der Waals surface area contributed by atoms with Crippen molar-refractivity contribution in [3.8, 4) is 0 Å². The van der Waals surface area contributed by atoms with Gasteiger partial charge in [0.1, 0.15) is 0 Å². The molecule has 1 aliphatic heterocycles. The Labute approximate surface area is 167 Å². The van der Waals surface area contributed by atoms with E-state index in [1.54, 1.807) is 6.07 Å². The molecule has 0 aromatic heterocycles. The molecule has 2 aromatic rings. The fraction of sp³-hybridized carbons (Fsp3) is 0.409.